The lowest BCUT2D eigenvalue weighted by Gasteiger charge is -2.23. The maximum absolute atomic E-state index is 12.1. The number of methoxy groups -OCH3 is 1. The molecule has 17 heavy (non-hydrogen) atoms. The van der Waals surface area contributed by atoms with E-state index in [9.17, 15) is 4.79 Å². The zero-order valence-electron chi connectivity index (χ0n) is 10.9. The minimum absolute atomic E-state index is 0.253. The molecule has 2 aliphatic rings. The van der Waals surface area contributed by atoms with Crippen molar-refractivity contribution in [2.75, 3.05) is 39.8 Å². The fourth-order valence-electron chi connectivity index (χ4n) is 2.73. The van der Waals surface area contributed by atoms with Crippen molar-refractivity contribution in [3.63, 3.8) is 0 Å². The summed E-state index contributed by atoms with van der Waals surface area (Å²) in [5, 5.41) is 0. The van der Waals surface area contributed by atoms with Gasteiger partial charge in [-0.3, -0.25) is 9.69 Å². The molecular weight excluding hydrogens is 216 g/mol. The van der Waals surface area contributed by atoms with E-state index in [0.717, 1.165) is 32.6 Å². The molecule has 0 aromatic heterocycles. The van der Waals surface area contributed by atoms with Crippen molar-refractivity contribution in [1.29, 1.82) is 0 Å². The Balaban J connectivity index is 1.76. The number of hydrogen-bond acceptors (Lipinski definition) is 3. The lowest BCUT2D eigenvalue weighted by molar-refractivity contribution is -0.131. The van der Waals surface area contributed by atoms with E-state index in [2.05, 4.69) is 4.90 Å². The van der Waals surface area contributed by atoms with E-state index in [4.69, 9.17) is 4.74 Å². The van der Waals surface area contributed by atoms with Gasteiger partial charge in [0.2, 0.25) is 5.91 Å². The summed E-state index contributed by atoms with van der Waals surface area (Å²) in [6.07, 6.45) is 6.37. The van der Waals surface area contributed by atoms with Gasteiger partial charge in [0.15, 0.2) is 0 Å². The highest BCUT2D eigenvalue weighted by molar-refractivity contribution is 5.78. The summed E-state index contributed by atoms with van der Waals surface area (Å²) in [7, 11) is 1.73. The Kier molecular flexibility index (Phi) is 4.80. The third-order valence-corrected chi connectivity index (χ3v) is 3.89. The van der Waals surface area contributed by atoms with Crippen LogP contribution in [-0.4, -0.2) is 61.6 Å². The summed E-state index contributed by atoms with van der Waals surface area (Å²) in [5.74, 6) is 0.284. The maximum Gasteiger partial charge on any atom is 0.236 e. The number of carbonyl (C=O) groups excluding carboxylic acids is 1. The Bertz CT molecular complexity index is 250. The van der Waals surface area contributed by atoms with Gasteiger partial charge in [-0.25, -0.2) is 0 Å². The van der Waals surface area contributed by atoms with E-state index in [0.29, 0.717) is 6.54 Å². The lowest BCUT2D eigenvalue weighted by atomic mass is 10.2. The molecule has 98 valence electrons. The summed E-state index contributed by atoms with van der Waals surface area (Å²) in [6, 6.07) is 0. The average Bonchev–Trinajstić information content (AvgIpc) is 2.68. The van der Waals surface area contributed by atoms with Gasteiger partial charge < -0.3 is 9.64 Å². The summed E-state index contributed by atoms with van der Waals surface area (Å²) in [6.45, 7) is 4.44. The van der Waals surface area contributed by atoms with E-state index in [1.54, 1.807) is 7.11 Å². The largest absolute Gasteiger partial charge is 0.380 e. The predicted molar refractivity (Wildman–Crippen MR) is 66.9 cm³/mol. The van der Waals surface area contributed by atoms with Gasteiger partial charge in [0, 0.05) is 20.2 Å². The van der Waals surface area contributed by atoms with Crippen LogP contribution in [0.1, 0.15) is 32.1 Å². The third-order valence-electron chi connectivity index (χ3n) is 3.89. The molecule has 4 nitrogen and oxygen atoms in total. The van der Waals surface area contributed by atoms with Crippen molar-refractivity contribution in [1.82, 2.24) is 9.80 Å². The molecule has 1 atom stereocenters. The number of carbonyl (C=O) groups is 1. The first-order chi connectivity index (χ1) is 8.29. The normalized spacial score (nSPS) is 27.1. The highest BCUT2D eigenvalue weighted by atomic mass is 16.5. The quantitative estimate of drug-likeness (QED) is 0.741. The molecular formula is C13H24N2O2. The topological polar surface area (TPSA) is 32.8 Å². The van der Waals surface area contributed by atoms with Crippen LogP contribution < -0.4 is 0 Å². The van der Waals surface area contributed by atoms with Crippen LogP contribution in [0, 0.1) is 0 Å². The van der Waals surface area contributed by atoms with Crippen molar-refractivity contribution in [3.05, 3.63) is 0 Å². The molecule has 0 unspecified atom stereocenters. The second-order valence-electron chi connectivity index (χ2n) is 5.18. The van der Waals surface area contributed by atoms with Gasteiger partial charge in [0.25, 0.3) is 0 Å². The molecule has 0 N–H and O–H groups in total. The van der Waals surface area contributed by atoms with Crippen LogP contribution in [0.25, 0.3) is 0 Å². The number of ether oxygens (including phenoxy) is 1. The molecule has 0 aliphatic carbocycles. The van der Waals surface area contributed by atoms with Crippen LogP contribution in [-0.2, 0) is 9.53 Å². The van der Waals surface area contributed by atoms with Crippen LogP contribution in [0.4, 0.5) is 0 Å². The molecule has 2 heterocycles. The molecule has 2 aliphatic heterocycles. The second-order valence-corrected chi connectivity index (χ2v) is 5.18. The Morgan fingerprint density at radius 2 is 1.88 bits per heavy atom. The van der Waals surface area contributed by atoms with Crippen LogP contribution in [0.3, 0.4) is 0 Å². The monoisotopic (exact) mass is 240 g/mol. The molecule has 2 fully saturated rings. The second kappa shape index (κ2) is 6.36. The summed E-state index contributed by atoms with van der Waals surface area (Å²) < 4.78 is 5.29. The highest BCUT2D eigenvalue weighted by Gasteiger charge is 2.26. The molecule has 0 aromatic carbocycles. The lowest BCUT2D eigenvalue weighted by Crippen LogP contribution is -2.40. The number of nitrogens with zero attached hydrogens (tertiary/aromatic N) is 2. The smallest absolute Gasteiger partial charge is 0.236 e. The zero-order valence-corrected chi connectivity index (χ0v) is 10.9. The van der Waals surface area contributed by atoms with E-state index < -0.39 is 0 Å². The SMILES string of the molecule is CO[C@@H]1CCN(C(=O)CN2CCCCCC2)C1. The van der Waals surface area contributed by atoms with E-state index in [-0.39, 0.29) is 12.0 Å². The Morgan fingerprint density at radius 1 is 1.18 bits per heavy atom. The van der Waals surface area contributed by atoms with Crippen molar-refractivity contribution in [2.45, 2.75) is 38.2 Å². The van der Waals surface area contributed by atoms with Gasteiger partial charge in [-0.15, -0.1) is 0 Å². The Morgan fingerprint density at radius 3 is 2.47 bits per heavy atom. The number of hydrogen-bond donors (Lipinski definition) is 0. The van der Waals surface area contributed by atoms with Crippen molar-refractivity contribution in [2.24, 2.45) is 0 Å². The van der Waals surface area contributed by atoms with E-state index >= 15 is 0 Å². The van der Waals surface area contributed by atoms with Gasteiger partial charge in [-0.1, -0.05) is 12.8 Å². The first-order valence-corrected chi connectivity index (χ1v) is 6.82. The van der Waals surface area contributed by atoms with Crippen LogP contribution in [0.5, 0.6) is 0 Å². The summed E-state index contributed by atoms with van der Waals surface area (Å²) in [5.41, 5.74) is 0. The van der Waals surface area contributed by atoms with Crippen LogP contribution in [0.15, 0.2) is 0 Å². The van der Waals surface area contributed by atoms with Gasteiger partial charge in [-0.2, -0.15) is 0 Å². The zero-order chi connectivity index (χ0) is 12.1. The summed E-state index contributed by atoms with van der Waals surface area (Å²) >= 11 is 0. The first-order valence-electron chi connectivity index (χ1n) is 6.82. The molecule has 0 radical (unpaired) electrons. The minimum Gasteiger partial charge on any atom is -0.380 e. The molecule has 1 amide bonds. The minimum atomic E-state index is 0.253. The number of amides is 1. The fraction of sp³-hybridized carbons (Fsp3) is 0.923. The average molecular weight is 240 g/mol. The van der Waals surface area contributed by atoms with Gasteiger partial charge in [0.05, 0.1) is 12.6 Å². The van der Waals surface area contributed by atoms with Crippen LogP contribution in [0.2, 0.25) is 0 Å². The Labute approximate surface area is 104 Å². The van der Waals surface area contributed by atoms with Crippen molar-refractivity contribution < 1.29 is 9.53 Å². The number of likely N-dealkylation sites (tertiary alicyclic amines) is 2. The highest BCUT2D eigenvalue weighted by Crippen LogP contribution is 2.14. The molecule has 4 heteroatoms. The van der Waals surface area contributed by atoms with E-state index in [1.807, 2.05) is 4.90 Å². The van der Waals surface area contributed by atoms with Gasteiger partial charge in [-0.05, 0) is 32.4 Å². The van der Waals surface area contributed by atoms with Crippen LogP contribution >= 0.6 is 0 Å². The maximum atomic E-state index is 12.1. The van der Waals surface area contributed by atoms with Gasteiger partial charge >= 0.3 is 0 Å². The number of rotatable bonds is 3. The van der Waals surface area contributed by atoms with Crippen molar-refractivity contribution >= 4 is 5.91 Å². The van der Waals surface area contributed by atoms with Crippen molar-refractivity contribution in [3.8, 4) is 0 Å². The predicted octanol–water partition coefficient (Wildman–Crippen LogP) is 1.11. The van der Waals surface area contributed by atoms with Gasteiger partial charge in [0.1, 0.15) is 0 Å². The molecule has 0 saturated carbocycles. The molecule has 2 saturated heterocycles. The molecule has 0 spiro atoms. The molecule has 0 bridgehead atoms. The fourth-order valence-corrected chi connectivity index (χ4v) is 2.73. The molecule has 2 rings (SSSR count). The standard InChI is InChI=1S/C13H24N2O2/c1-17-12-6-9-15(10-12)13(16)11-14-7-4-2-3-5-8-14/h12H,2-11H2,1H3/t12-/m1/s1. The first kappa shape index (κ1) is 12.8. The van der Waals surface area contributed by atoms with E-state index in [1.165, 1.54) is 25.7 Å². The Hall–Kier alpha value is -0.610. The molecule has 0 aromatic rings. The third kappa shape index (κ3) is 3.68. The summed E-state index contributed by atoms with van der Waals surface area (Å²) in [4.78, 5) is 16.4.